The Labute approximate surface area is 108 Å². The van der Waals surface area contributed by atoms with Gasteiger partial charge in [0.15, 0.2) is 9.84 Å². The Kier molecular flexibility index (Phi) is 3.92. The first-order valence-electron chi connectivity index (χ1n) is 6.03. The first-order chi connectivity index (χ1) is 8.52. The number of hydrogen-bond donors (Lipinski definition) is 1. The van der Waals surface area contributed by atoms with Gasteiger partial charge in [-0.25, -0.2) is 8.42 Å². The fourth-order valence-electron chi connectivity index (χ4n) is 2.44. The van der Waals surface area contributed by atoms with Crippen molar-refractivity contribution in [2.24, 2.45) is 5.92 Å². The smallest absolute Gasteiger partial charge is 0.150 e. The van der Waals surface area contributed by atoms with Crippen LogP contribution < -0.4 is 4.74 Å². The zero-order chi connectivity index (χ0) is 13.2. The molecule has 5 heteroatoms. The fourth-order valence-corrected chi connectivity index (χ4v) is 4.32. The highest BCUT2D eigenvalue weighted by molar-refractivity contribution is 7.91. The first kappa shape index (κ1) is 13.4. The summed E-state index contributed by atoms with van der Waals surface area (Å²) in [5.41, 5.74) is 0.726. The monoisotopic (exact) mass is 270 g/mol. The van der Waals surface area contributed by atoms with Gasteiger partial charge in [0.1, 0.15) is 5.75 Å². The average Bonchev–Trinajstić information content (AvgIpc) is 2.68. The maximum atomic E-state index is 11.4. The van der Waals surface area contributed by atoms with Crippen LogP contribution in [-0.4, -0.2) is 32.1 Å². The summed E-state index contributed by atoms with van der Waals surface area (Å²) in [6.45, 7) is 0. The highest BCUT2D eigenvalue weighted by Gasteiger charge is 2.30. The van der Waals surface area contributed by atoms with Crippen LogP contribution in [0, 0.1) is 5.92 Å². The molecule has 4 nitrogen and oxygen atoms in total. The van der Waals surface area contributed by atoms with Crippen molar-refractivity contribution in [2.75, 3.05) is 18.6 Å². The SMILES string of the molecule is COc1ccccc1C(O)CC1CCS(=O)(=O)C1. The van der Waals surface area contributed by atoms with E-state index in [1.807, 2.05) is 18.2 Å². The van der Waals surface area contributed by atoms with Crippen molar-refractivity contribution in [2.45, 2.75) is 18.9 Å². The topological polar surface area (TPSA) is 63.6 Å². The van der Waals surface area contributed by atoms with E-state index >= 15 is 0 Å². The molecule has 0 bridgehead atoms. The number of aliphatic hydroxyl groups is 1. The molecule has 0 radical (unpaired) electrons. The Morgan fingerprint density at radius 3 is 2.78 bits per heavy atom. The minimum absolute atomic E-state index is 0.0508. The van der Waals surface area contributed by atoms with Crippen molar-refractivity contribution in [3.05, 3.63) is 29.8 Å². The molecule has 100 valence electrons. The molecule has 2 rings (SSSR count). The molecule has 2 atom stereocenters. The minimum Gasteiger partial charge on any atom is -0.496 e. The van der Waals surface area contributed by atoms with Gasteiger partial charge in [0.05, 0.1) is 24.7 Å². The molecule has 18 heavy (non-hydrogen) atoms. The third-order valence-corrected chi connectivity index (χ3v) is 5.22. The van der Waals surface area contributed by atoms with Gasteiger partial charge in [-0.2, -0.15) is 0 Å². The van der Waals surface area contributed by atoms with E-state index in [-0.39, 0.29) is 17.4 Å². The van der Waals surface area contributed by atoms with Gasteiger partial charge in [-0.1, -0.05) is 18.2 Å². The standard InChI is InChI=1S/C13H18O4S/c1-17-13-5-3-2-4-11(13)12(14)8-10-6-7-18(15,16)9-10/h2-5,10,12,14H,6-9H2,1H3. The third-order valence-electron chi connectivity index (χ3n) is 3.38. The van der Waals surface area contributed by atoms with Gasteiger partial charge < -0.3 is 9.84 Å². The number of aliphatic hydroxyl groups excluding tert-OH is 1. The third kappa shape index (κ3) is 3.03. The lowest BCUT2D eigenvalue weighted by atomic mass is 9.96. The van der Waals surface area contributed by atoms with Gasteiger partial charge in [0.2, 0.25) is 0 Å². The molecule has 0 aliphatic carbocycles. The molecule has 0 aromatic heterocycles. The van der Waals surface area contributed by atoms with Crippen molar-refractivity contribution < 1.29 is 18.3 Å². The Balaban J connectivity index is 2.06. The summed E-state index contributed by atoms with van der Waals surface area (Å²) < 4.78 is 27.9. The molecule has 0 spiro atoms. The van der Waals surface area contributed by atoms with Crippen LogP contribution in [0.5, 0.6) is 5.75 Å². The molecule has 2 unspecified atom stereocenters. The van der Waals surface area contributed by atoms with E-state index in [9.17, 15) is 13.5 Å². The zero-order valence-corrected chi connectivity index (χ0v) is 11.2. The van der Waals surface area contributed by atoms with Crippen LogP contribution >= 0.6 is 0 Å². The predicted octanol–water partition coefficient (Wildman–Crippen LogP) is 1.55. The molecule has 1 aliphatic rings. The van der Waals surface area contributed by atoms with E-state index in [0.29, 0.717) is 18.6 Å². The molecule has 1 aromatic carbocycles. The van der Waals surface area contributed by atoms with E-state index in [0.717, 1.165) is 5.56 Å². The van der Waals surface area contributed by atoms with Crippen LogP contribution in [0.2, 0.25) is 0 Å². The number of rotatable bonds is 4. The van der Waals surface area contributed by atoms with E-state index in [1.54, 1.807) is 13.2 Å². The highest BCUT2D eigenvalue weighted by Crippen LogP contribution is 2.32. The molecule has 1 N–H and O–H groups in total. The molecule has 1 heterocycles. The summed E-state index contributed by atoms with van der Waals surface area (Å²) >= 11 is 0. The second-order valence-corrected chi connectivity index (χ2v) is 6.99. The van der Waals surface area contributed by atoms with Crippen molar-refractivity contribution in [3.8, 4) is 5.75 Å². The maximum absolute atomic E-state index is 11.4. The van der Waals surface area contributed by atoms with Gasteiger partial charge in [-0.15, -0.1) is 0 Å². The lowest BCUT2D eigenvalue weighted by Gasteiger charge is -2.17. The summed E-state index contributed by atoms with van der Waals surface area (Å²) in [5, 5.41) is 10.2. The Morgan fingerprint density at radius 2 is 2.17 bits per heavy atom. The number of hydrogen-bond acceptors (Lipinski definition) is 4. The van der Waals surface area contributed by atoms with Gasteiger partial charge in [-0.3, -0.25) is 0 Å². The lowest BCUT2D eigenvalue weighted by molar-refractivity contribution is 0.145. The fraction of sp³-hybridized carbons (Fsp3) is 0.538. The summed E-state index contributed by atoms with van der Waals surface area (Å²) in [6, 6.07) is 7.29. The molecule has 1 fully saturated rings. The second kappa shape index (κ2) is 5.28. The highest BCUT2D eigenvalue weighted by atomic mass is 32.2. The molecular formula is C13H18O4S. The van der Waals surface area contributed by atoms with Gasteiger partial charge in [-0.05, 0) is 24.8 Å². The van der Waals surface area contributed by atoms with Crippen LogP contribution in [-0.2, 0) is 9.84 Å². The summed E-state index contributed by atoms with van der Waals surface area (Å²) in [7, 11) is -1.32. The van der Waals surface area contributed by atoms with E-state index in [4.69, 9.17) is 4.74 Å². The lowest BCUT2D eigenvalue weighted by Crippen LogP contribution is -2.10. The van der Waals surface area contributed by atoms with Crippen LogP contribution in [0.15, 0.2) is 24.3 Å². The molecule has 1 aromatic rings. The Hall–Kier alpha value is -1.07. The number of ether oxygens (including phenoxy) is 1. The summed E-state index contributed by atoms with van der Waals surface area (Å²) in [6.07, 6.45) is 0.452. The van der Waals surface area contributed by atoms with Crippen molar-refractivity contribution in [1.29, 1.82) is 0 Å². The van der Waals surface area contributed by atoms with Crippen molar-refractivity contribution >= 4 is 9.84 Å². The number of sulfone groups is 1. The van der Waals surface area contributed by atoms with Crippen molar-refractivity contribution in [3.63, 3.8) is 0 Å². The van der Waals surface area contributed by atoms with Gasteiger partial charge >= 0.3 is 0 Å². The maximum Gasteiger partial charge on any atom is 0.150 e. The van der Waals surface area contributed by atoms with Crippen LogP contribution in [0.25, 0.3) is 0 Å². The summed E-state index contributed by atoms with van der Waals surface area (Å²) in [4.78, 5) is 0. The Bertz CT molecular complexity index is 509. The van der Waals surface area contributed by atoms with Crippen LogP contribution in [0.4, 0.5) is 0 Å². The number of benzene rings is 1. The molecular weight excluding hydrogens is 252 g/mol. The van der Waals surface area contributed by atoms with Crippen LogP contribution in [0.3, 0.4) is 0 Å². The first-order valence-corrected chi connectivity index (χ1v) is 7.85. The number of para-hydroxylation sites is 1. The number of methoxy groups -OCH3 is 1. The Morgan fingerprint density at radius 1 is 1.44 bits per heavy atom. The van der Waals surface area contributed by atoms with Gasteiger partial charge in [0, 0.05) is 5.56 Å². The second-order valence-electron chi connectivity index (χ2n) is 4.76. The van der Waals surface area contributed by atoms with E-state index in [2.05, 4.69) is 0 Å². The summed E-state index contributed by atoms with van der Waals surface area (Å²) in [5.74, 6) is 1.14. The predicted molar refractivity (Wildman–Crippen MR) is 69.3 cm³/mol. The van der Waals surface area contributed by atoms with E-state index < -0.39 is 15.9 Å². The minimum atomic E-state index is -2.88. The van der Waals surface area contributed by atoms with Gasteiger partial charge in [0.25, 0.3) is 0 Å². The molecule has 0 saturated carbocycles. The largest absolute Gasteiger partial charge is 0.496 e. The molecule has 1 aliphatic heterocycles. The van der Waals surface area contributed by atoms with Crippen LogP contribution in [0.1, 0.15) is 24.5 Å². The van der Waals surface area contributed by atoms with Crippen molar-refractivity contribution in [1.82, 2.24) is 0 Å². The zero-order valence-electron chi connectivity index (χ0n) is 10.4. The van der Waals surface area contributed by atoms with E-state index in [1.165, 1.54) is 0 Å². The quantitative estimate of drug-likeness (QED) is 0.901. The molecule has 0 amide bonds. The normalized spacial score (nSPS) is 23.8. The average molecular weight is 270 g/mol. The molecule has 1 saturated heterocycles.